The number of carbonyl (C=O) groups is 2. The van der Waals surface area contributed by atoms with Gasteiger partial charge in [0.15, 0.2) is 6.10 Å². The van der Waals surface area contributed by atoms with Crippen LogP contribution >= 0.6 is 23.2 Å². The van der Waals surface area contributed by atoms with Gasteiger partial charge in [0.1, 0.15) is 5.75 Å². The van der Waals surface area contributed by atoms with Crippen molar-refractivity contribution < 1.29 is 24.2 Å². The number of amides is 1. The first kappa shape index (κ1) is 23.0. The van der Waals surface area contributed by atoms with Crippen molar-refractivity contribution in [2.45, 2.75) is 39.0 Å². The molecule has 29 heavy (non-hydrogen) atoms. The highest BCUT2D eigenvalue weighted by molar-refractivity contribution is 6.36. The molecule has 0 radical (unpaired) electrons. The Bertz CT molecular complexity index is 885. The Morgan fingerprint density at radius 1 is 1.14 bits per heavy atom. The Kier molecular flexibility index (Phi) is 8.32. The second-order valence-corrected chi connectivity index (χ2v) is 7.51. The monoisotopic (exact) mass is 439 g/mol. The summed E-state index contributed by atoms with van der Waals surface area (Å²) in [5, 5.41) is 12.9. The maximum atomic E-state index is 12.4. The van der Waals surface area contributed by atoms with E-state index in [0.717, 1.165) is 5.56 Å². The molecule has 6 nitrogen and oxygen atoms in total. The molecule has 0 bridgehead atoms. The summed E-state index contributed by atoms with van der Waals surface area (Å²) in [5.41, 5.74) is 1.77. The summed E-state index contributed by atoms with van der Waals surface area (Å²) in [6, 6.07) is 9.95. The summed E-state index contributed by atoms with van der Waals surface area (Å²) in [5.74, 6) is -0.805. The van der Waals surface area contributed by atoms with Crippen molar-refractivity contribution in [2.75, 3.05) is 7.11 Å². The van der Waals surface area contributed by atoms with E-state index in [4.69, 9.17) is 32.7 Å². The Balaban J connectivity index is 2.15. The van der Waals surface area contributed by atoms with E-state index in [0.29, 0.717) is 21.9 Å². The Labute approximate surface area is 179 Å². The van der Waals surface area contributed by atoms with Gasteiger partial charge in [-0.05, 0) is 43.7 Å². The lowest BCUT2D eigenvalue weighted by molar-refractivity contribution is -0.153. The molecule has 0 fully saturated rings. The zero-order valence-corrected chi connectivity index (χ0v) is 17.9. The molecule has 0 aliphatic rings. The SMILES string of the molecule is COc1ccc(C[C@H](OC(C)C)C(=O)O)cc1CNC(=O)c1ccc(Cl)cc1Cl. The number of rotatable bonds is 9. The number of ether oxygens (including phenoxy) is 2. The van der Waals surface area contributed by atoms with Gasteiger partial charge >= 0.3 is 5.97 Å². The number of hydrogen-bond acceptors (Lipinski definition) is 4. The number of nitrogens with one attached hydrogen (secondary N) is 1. The van der Waals surface area contributed by atoms with E-state index in [9.17, 15) is 14.7 Å². The van der Waals surface area contributed by atoms with Crippen LogP contribution in [0.2, 0.25) is 10.0 Å². The quantitative estimate of drug-likeness (QED) is 0.606. The molecule has 2 aromatic rings. The number of hydrogen-bond donors (Lipinski definition) is 2. The summed E-state index contributed by atoms with van der Waals surface area (Å²) >= 11 is 11.9. The van der Waals surface area contributed by atoms with Gasteiger partial charge in [0.05, 0.1) is 23.8 Å². The average molecular weight is 440 g/mol. The molecule has 2 rings (SSSR count). The van der Waals surface area contributed by atoms with Crippen LogP contribution < -0.4 is 10.1 Å². The molecule has 0 aromatic heterocycles. The summed E-state index contributed by atoms with van der Waals surface area (Å²) in [6.45, 7) is 3.75. The molecule has 8 heteroatoms. The standard InChI is InChI=1S/C21H23Cl2NO5/c1-12(2)29-19(21(26)27)9-13-4-7-18(28-3)14(8-13)11-24-20(25)16-6-5-15(22)10-17(16)23/h4-8,10,12,19H,9,11H2,1-3H3,(H,24,25)(H,26,27)/t19-/m0/s1. The van der Waals surface area contributed by atoms with Gasteiger partial charge in [-0.2, -0.15) is 0 Å². The molecule has 0 unspecified atom stereocenters. The highest BCUT2D eigenvalue weighted by Gasteiger charge is 2.21. The average Bonchev–Trinajstić information content (AvgIpc) is 2.65. The van der Waals surface area contributed by atoms with E-state index in [-0.39, 0.29) is 30.0 Å². The molecule has 0 saturated heterocycles. The highest BCUT2D eigenvalue weighted by atomic mass is 35.5. The number of methoxy groups -OCH3 is 1. The van der Waals surface area contributed by atoms with Crippen molar-refractivity contribution in [1.82, 2.24) is 5.32 Å². The van der Waals surface area contributed by atoms with Crippen LogP contribution in [0.1, 0.15) is 35.3 Å². The first-order valence-electron chi connectivity index (χ1n) is 8.98. The first-order chi connectivity index (χ1) is 13.7. The number of aliphatic carboxylic acids is 1. The van der Waals surface area contributed by atoms with Crippen LogP contribution in [-0.2, 0) is 22.5 Å². The molecule has 1 amide bonds. The van der Waals surface area contributed by atoms with E-state index in [1.165, 1.54) is 13.2 Å². The molecule has 2 aromatic carbocycles. The van der Waals surface area contributed by atoms with E-state index < -0.39 is 12.1 Å². The highest BCUT2D eigenvalue weighted by Crippen LogP contribution is 2.23. The molecule has 1 atom stereocenters. The largest absolute Gasteiger partial charge is 0.496 e. The van der Waals surface area contributed by atoms with Crippen LogP contribution in [0, 0.1) is 0 Å². The van der Waals surface area contributed by atoms with E-state index in [2.05, 4.69) is 5.32 Å². The van der Waals surface area contributed by atoms with Gasteiger partial charge in [0, 0.05) is 23.6 Å². The Hall–Kier alpha value is -2.28. The number of benzene rings is 2. The van der Waals surface area contributed by atoms with Crippen LogP contribution in [-0.4, -0.2) is 36.3 Å². The smallest absolute Gasteiger partial charge is 0.333 e. The third-order valence-corrected chi connectivity index (χ3v) is 4.64. The van der Waals surface area contributed by atoms with Crippen LogP contribution in [0.25, 0.3) is 0 Å². The summed E-state index contributed by atoms with van der Waals surface area (Å²) < 4.78 is 10.8. The van der Waals surface area contributed by atoms with Crippen LogP contribution in [0.3, 0.4) is 0 Å². The maximum absolute atomic E-state index is 12.4. The Morgan fingerprint density at radius 2 is 1.86 bits per heavy atom. The van der Waals surface area contributed by atoms with Gasteiger partial charge in [-0.25, -0.2) is 4.79 Å². The molecule has 0 aliphatic carbocycles. The van der Waals surface area contributed by atoms with Crippen molar-refractivity contribution in [1.29, 1.82) is 0 Å². The topological polar surface area (TPSA) is 84.9 Å². The van der Waals surface area contributed by atoms with Crippen molar-refractivity contribution in [3.63, 3.8) is 0 Å². The minimum atomic E-state index is -1.03. The second kappa shape index (κ2) is 10.5. The van der Waals surface area contributed by atoms with Gasteiger partial charge in [-0.15, -0.1) is 0 Å². The molecule has 2 N–H and O–H groups in total. The van der Waals surface area contributed by atoms with Crippen LogP contribution in [0.5, 0.6) is 5.75 Å². The fraction of sp³-hybridized carbons (Fsp3) is 0.333. The number of carbonyl (C=O) groups excluding carboxylic acids is 1. The molecule has 0 heterocycles. The van der Waals surface area contributed by atoms with E-state index in [1.807, 2.05) is 0 Å². The zero-order chi connectivity index (χ0) is 21.6. The normalized spacial score (nSPS) is 11.9. The van der Waals surface area contributed by atoms with Gasteiger partial charge in [0.25, 0.3) is 5.91 Å². The Morgan fingerprint density at radius 3 is 2.45 bits per heavy atom. The maximum Gasteiger partial charge on any atom is 0.333 e. The third kappa shape index (κ3) is 6.63. The summed E-state index contributed by atoms with van der Waals surface area (Å²) in [7, 11) is 1.53. The minimum Gasteiger partial charge on any atom is -0.496 e. The first-order valence-corrected chi connectivity index (χ1v) is 9.74. The minimum absolute atomic E-state index is 0.178. The summed E-state index contributed by atoms with van der Waals surface area (Å²) in [6.07, 6.45) is -0.975. The molecule has 156 valence electrons. The fourth-order valence-electron chi connectivity index (χ4n) is 2.78. The predicted octanol–water partition coefficient (Wildman–Crippen LogP) is 4.35. The number of carboxylic acids is 1. The van der Waals surface area contributed by atoms with Crippen molar-refractivity contribution in [3.05, 3.63) is 63.1 Å². The van der Waals surface area contributed by atoms with Gasteiger partial charge < -0.3 is 19.9 Å². The lowest BCUT2D eigenvalue weighted by atomic mass is 10.0. The lowest BCUT2D eigenvalue weighted by Crippen LogP contribution is -2.29. The molecular formula is C21H23Cl2NO5. The predicted molar refractivity (Wildman–Crippen MR) is 112 cm³/mol. The van der Waals surface area contributed by atoms with Crippen molar-refractivity contribution in [3.8, 4) is 5.75 Å². The zero-order valence-electron chi connectivity index (χ0n) is 16.4. The van der Waals surface area contributed by atoms with Crippen LogP contribution in [0.4, 0.5) is 0 Å². The number of carboxylic acid groups (broad SMARTS) is 1. The van der Waals surface area contributed by atoms with Gasteiger partial charge in [-0.3, -0.25) is 4.79 Å². The van der Waals surface area contributed by atoms with E-state index >= 15 is 0 Å². The van der Waals surface area contributed by atoms with Crippen molar-refractivity contribution in [2.24, 2.45) is 0 Å². The van der Waals surface area contributed by atoms with Gasteiger partial charge in [-0.1, -0.05) is 35.3 Å². The second-order valence-electron chi connectivity index (χ2n) is 6.67. The molecule has 0 spiro atoms. The fourth-order valence-corrected chi connectivity index (χ4v) is 3.27. The van der Waals surface area contributed by atoms with Crippen LogP contribution in [0.15, 0.2) is 36.4 Å². The summed E-state index contributed by atoms with van der Waals surface area (Å²) in [4.78, 5) is 23.9. The van der Waals surface area contributed by atoms with E-state index in [1.54, 1.807) is 44.2 Å². The van der Waals surface area contributed by atoms with Gasteiger partial charge in [0.2, 0.25) is 0 Å². The number of halogens is 2. The molecule has 0 aliphatic heterocycles. The molecular weight excluding hydrogens is 417 g/mol. The third-order valence-electron chi connectivity index (χ3n) is 4.09. The molecule has 0 saturated carbocycles. The lowest BCUT2D eigenvalue weighted by Gasteiger charge is -2.18. The van der Waals surface area contributed by atoms with Crippen molar-refractivity contribution >= 4 is 35.1 Å².